The lowest BCUT2D eigenvalue weighted by atomic mass is 9.95. The van der Waals surface area contributed by atoms with Gasteiger partial charge in [0.05, 0.1) is 19.4 Å². The van der Waals surface area contributed by atoms with E-state index in [0.29, 0.717) is 12.0 Å². The maximum atomic E-state index is 13.8. The van der Waals surface area contributed by atoms with E-state index >= 15 is 0 Å². The van der Waals surface area contributed by atoms with Crippen molar-refractivity contribution in [1.82, 2.24) is 15.5 Å². The van der Waals surface area contributed by atoms with Crippen molar-refractivity contribution in [2.45, 2.75) is 85.4 Å². The van der Waals surface area contributed by atoms with Gasteiger partial charge < -0.3 is 30.7 Å². The van der Waals surface area contributed by atoms with Crippen LogP contribution in [-0.2, 0) is 28.7 Å². The van der Waals surface area contributed by atoms with Gasteiger partial charge in [-0.05, 0) is 59.1 Å². The summed E-state index contributed by atoms with van der Waals surface area (Å²) in [6.45, 7) is 12.6. The van der Waals surface area contributed by atoms with Crippen molar-refractivity contribution in [3.63, 3.8) is 0 Å². The number of nitrogens with zero attached hydrogens (tertiary/aromatic N) is 1. The molecule has 0 heterocycles. The molecule has 0 aliphatic rings. The third-order valence-electron chi connectivity index (χ3n) is 5.36. The van der Waals surface area contributed by atoms with Crippen molar-refractivity contribution in [1.29, 1.82) is 0 Å². The Bertz CT molecular complexity index is 1000. The molecule has 4 N–H and O–H groups in total. The Hall–Kier alpha value is -3.63. The second-order valence-corrected chi connectivity index (χ2v) is 10.0. The number of aryl methyl sites for hydroxylation is 2. The fourth-order valence-corrected chi connectivity index (χ4v) is 3.78. The van der Waals surface area contributed by atoms with Gasteiger partial charge in [-0.3, -0.25) is 19.2 Å². The molecule has 38 heavy (non-hydrogen) atoms. The molecule has 11 nitrogen and oxygen atoms in total. The van der Waals surface area contributed by atoms with Crippen LogP contribution in [0.5, 0.6) is 0 Å². The van der Waals surface area contributed by atoms with Crippen LogP contribution in [-0.4, -0.2) is 66.0 Å². The number of carbonyl (C=O) groups is 5. The van der Waals surface area contributed by atoms with Gasteiger partial charge in [0.15, 0.2) is 0 Å². The monoisotopic (exact) mass is 534 g/mol. The molecule has 0 radical (unpaired) electrons. The molecular formula is C27H42N4O7. The molecule has 0 saturated heterocycles. The average molecular weight is 535 g/mol. The van der Waals surface area contributed by atoms with E-state index in [-0.39, 0.29) is 26.1 Å². The van der Waals surface area contributed by atoms with E-state index in [2.05, 4.69) is 10.6 Å². The van der Waals surface area contributed by atoms with Crippen LogP contribution in [0.3, 0.4) is 0 Å². The number of carbonyl (C=O) groups excluding carboxylic acids is 5. The normalized spacial score (nSPS) is 12.6. The highest BCUT2D eigenvalue weighted by molar-refractivity contribution is 5.94. The molecule has 0 aromatic heterocycles. The number of amides is 4. The molecule has 0 fully saturated rings. The first-order chi connectivity index (χ1) is 17.7. The Morgan fingerprint density at radius 3 is 2.29 bits per heavy atom. The molecule has 212 valence electrons. The van der Waals surface area contributed by atoms with E-state index in [4.69, 9.17) is 15.2 Å². The molecule has 4 amide bonds. The van der Waals surface area contributed by atoms with Crippen LogP contribution in [0.4, 0.5) is 4.79 Å². The predicted octanol–water partition coefficient (Wildman–Crippen LogP) is 2.42. The number of hydrogen-bond acceptors (Lipinski definition) is 7. The zero-order valence-electron chi connectivity index (χ0n) is 23.5. The third-order valence-corrected chi connectivity index (χ3v) is 5.36. The van der Waals surface area contributed by atoms with Crippen LogP contribution >= 0.6 is 0 Å². The highest BCUT2D eigenvalue weighted by Crippen LogP contribution is 2.27. The van der Waals surface area contributed by atoms with Crippen LogP contribution in [0.25, 0.3) is 0 Å². The number of primary amides is 1. The summed E-state index contributed by atoms with van der Waals surface area (Å²) in [5.41, 5.74) is 6.77. The maximum absolute atomic E-state index is 13.8. The van der Waals surface area contributed by atoms with E-state index < -0.39 is 53.9 Å². The van der Waals surface area contributed by atoms with Crippen molar-refractivity contribution in [2.24, 2.45) is 5.73 Å². The molecule has 11 heteroatoms. The summed E-state index contributed by atoms with van der Waals surface area (Å²) in [7, 11) is 0. The van der Waals surface area contributed by atoms with E-state index in [9.17, 15) is 24.0 Å². The lowest BCUT2D eigenvalue weighted by Crippen LogP contribution is -2.54. The summed E-state index contributed by atoms with van der Waals surface area (Å²) in [6, 6.07) is 3.10. The maximum Gasteiger partial charge on any atom is 0.408 e. The summed E-state index contributed by atoms with van der Waals surface area (Å²) in [5.74, 6) is -2.44. The van der Waals surface area contributed by atoms with Crippen LogP contribution in [0.15, 0.2) is 18.2 Å². The van der Waals surface area contributed by atoms with Gasteiger partial charge >= 0.3 is 12.1 Å². The quantitative estimate of drug-likeness (QED) is 0.328. The third kappa shape index (κ3) is 10.8. The largest absolute Gasteiger partial charge is 0.466 e. The number of esters is 1. The van der Waals surface area contributed by atoms with Gasteiger partial charge in [-0.1, -0.05) is 30.7 Å². The smallest absolute Gasteiger partial charge is 0.408 e. The zero-order chi connectivity index (χ0) is 29.0. The number of rotatable bonds is 13. The second-order valence-electron chi connectivity index (χ2n) is 10.0. The van der Waals surface area contributed by atoms with Crippen LogP contribution in [0.1, 0.15) is 76.6 Å². The van der Waals surface area contributed by atoms with Crippen molar-refractivity contribution < 1.29 is 33.4 Å². The summed E-state index contributed by atoms with van der Waals surface area (Å²) >= 11 is 0. The van der Waals surface area contributed by atoms with Crippen LogP contribution < -0.4 is 16.4 Å². The molecule has 2 unspecified atom stereocenters. The Kier molecular flexibility index (Phi) is 12.7. The van der Waals surface area contributed by atoms with Crippen molar-refractivity contribution in [2.75, 3.05) is 19.7 Å². The first-order valence-corrected chi connectivity index (χ1v) is 12.8. The molecule has 0 aliphatic heterocycles. The first kappa shape index (κ1) is 32.4. The number of nitrogens with two attached hydrogens (primary N) is 1. The van der Waals surface area contributed by atoms with Gasteiger partial charge in [0.1, 0.15) is 17.7 Å². The zero-order valence-corrected chi connectivity index (χ0v) is 23.5. The molecule has 0 spiro atoms. The summed E-state index contributed by atoms with van der Waals surface area (Å²) in [4.78, 5) is 64.8. The Labute approximate surface area is 224 Å². The summed E-state index contributed by atoms with van der Waals surface area (Å²) in [5, 5.41) is 5.17. The SMILES string of the molecule is CCCN(C(=O)C(CC(N)=O)NC(=O)OC(C)(C)C)C(C(=O)NCCC(=O)OCC)c1cc(C)ccc1C. The van der Waals surface area contributed by atoms with E-state index in [1.807, 2.05) is 39.0 Å². The average Bonchev–Trinajstić information content (AvgIpc) is 2.78. The number of alkyl carbamates (subject to hydrolysis) is 1. The van der Waals surface area contributed by atoms with Crippen LogP contribution in [0.2, 0.25) is 0 Å². The molecule has 1 aromatic rings. The minimum atomic E-state index is -1.35. The fraction of sp³-hybridized carbons (Fsp3) is 0.593. The van der Waals surface area contributed by atoms with Crippen molar-refractivity contribution in [3.05, 3.63) is 34.9 Å². The number of benzene rings is 1. The van der Waals surface area contributed by atoms with Crippen molar-refractivity contribution >= 4 is 29.8 Å². The van der Waals surface area contributed by atoms with Gasteiger partial charge in [-0.15, -0.1) is 0 Å². The lowest BCUT2D eigenvalue weighted by Gasteiger charge is -2.35. The summed E-state index contributed by atoms with van der Waals surface area (Å²) < 4.78 is 10.2. The fourth-order valence-electron chi connectivity index (χ4n) is 3.78. The van der Waals surface area contributed by atoms with Crippen molar-refractivity contribution in [3.8, 4) is 0 Å². The number of ether oxygens (including phenoxy) is 2. The molecular weight excluding hydrogens is 492 g/mol. The van der Waals surface area contributed by atoms with Gasteiger partial charge in [0.2, 0.25) is 17.7 Å². The minimum absolute atomic E-state index is 0.00799. The molecule has 0 aliphatic carbocycles. The highest BCUT2D eigenvalue weighted by Gasteiger charge is 2.37. The number of nitrogens with one attached hydrogen (secondary N) is 2. The first-order valence-electron chi connectivity index (χ1n) is 12.8. The standard InChI is InChI=1S/C27H42N4O7/c1-8-14-31(25(35)20(16-21(28)32)30-26(36)38-27(5,6)7)23(19-15-17(3)10-11-18(19)4)24(34)29-13-12-22(33)37-9-2/h10-11,15,20,23H,8-9,12-14,16H2,1-7H3,(H2,28,32)(H,29,34)(H,30,36). The van der Waals surface area contributed by atoms with E-state index in [0.717, 1.165) is 11.1 Å². The van der Waals surface area contributed by atoms with Gasteiger partial charge in [0, 0.05) is 13.1 Å². The Balaban J connectivity index is 3.44. The Morgan fingerprint density at radius 2 is 1.74 bits per heavy atom. The Morgan fingerprint density at radius 1 is 1.08 bits per heavy atom. The minimum Gasteiger partial charge on any atom is -0.466 e. The molecule has 2 atom stereocenters. The molecule has 1 aromatic carbocycles. The molecule has 0 saturated carbocycles. The van der Waals surface area contributed by atoms with Gasteiger partial charge in [-0.25, -0.2) is 4.79 Å². The molecule has 0 bridgehead atoms. The highest BCUT2D eigenvalue weighted by atomic mass is 16.6. The molecule has 1 rings (SSSR count). The topological polar surface area (TPSA) is 157 Å². The van der Waals surface area contributed by atoms with E-state index in [1.54, 1.807) is 27.7 Å². The van der Waals surface area contributed by atoms with Crippen LogP contribution in [0, 0.1) is 13.8 Å². The summed E-state index contributed by atoms with van der Waals surface area (Å²) in [6.07, 6.45) is -0.928. The lowest BCUT2D eigenvalue weighted by molar-refractivity contribution is -0.144. The number of hydrogen-bond donors (Lipinski definition) is 3. The van der Waals surface area contributed by atoms with Gasteiger partial charge in [0.25, 0.3) is 0 Å². The second kappa shape index (κ2) is 14.9. The predicted molar refractivity (Wildman–Crippen MR) is 142 cm³/mol. The van der Waals surface area contributed by atoms with E-state index in [1.165, 1.54) is 4.90 Å². The van der Waals surface area contributed by atoms with Gasteiger partial charge in [-0.2, -0.15) is 0 Å².